The van der Waals surface area contributed by atoms with Gasteiger partial charge in [-0.3, -0.25) is 0 Å². The lowest BCUT2D eigenvalue weighted by Crippen LogP contribution is -2.87. The number of ether oxygens (including phenoxy) is 1. The van der Waals surface area contributed by atoms with Crippen molar-refractivity contribution in [1.29, 1.82) is 0 Å². The predicted octanol–water partition coefficient (Wildman–Crippen LogP) is 2.68. The smallest absolute Gasteiger partial charge is 0.137 e. The number of benzene rings is 2. The average Bonchev–Trinajstić information content (AvgIpc) is 2.52. The van der Waals surface area contributed by atoms with Gasteiger partial charge in [0.1, 0.15) is 31.0 Å². The van der Waals surface area contributed by atoms with Crippen LogP contribution in [-0.2, 0) is 0 Å². The Morgan fingerprint density at radius 1 is 1.04 bits per heavy atom. The fourth-order valence-electron chi connectivity index (χ4n) is 2.90. The Bertz CT molecular complexity index is 602. The second kappa shape index (κ2) is 8.14. The van der Waals surface area contributed by atoms with E-state index >= 15 is 0 Å². The summed E-state index contributed by atoms with van der Waals surface area (Å²) in [7, 11) is 0. The van der Waals surface area contributed by atoms with Crippen molar-refractivity contribution in [1.82, 2.24) is 0 Å². The molecule has 0 saturated heterocycles. The van der Waals surface area contributed by atoms with Crippen LogP contribution in [0.2, 0.25) is 0 Å². The molecule has 0 unspecified atom stereocenters. The Hall–Kier alpha value is -1.84. The summed E-state index contributed by atoms with van der Waals surface area (Å²) in [6.45, 7) is 9.27. The van der Waals surface area contributed by atoms with Gasteiger partial charge in [-0.1, -0.05) is 48.0 Å². The van der Waals surface area contributed by atoms with Gasteiger partial charge in [0.15, 0.2) is 0 Å². The molecule has 0 amide bonds. The van der Waals surface area contributed by atoms with Crippen LogP contribution in [0.15, 0.2) is 42.5 Å². The van der Waals surface area contributed by atoms with Gasteiger partial charge in [0.25, 0.3) is 0 Å². The summed E-state index contributed by atoms with van der Waals surface area (Å²) in [5.74, 6) is 0.894. The molecule has 3 heteroatoms. The summed E-state index contributed by atoms with van der Waals surface area (Å²) in [5, 5.41) is 12.3. The Kier molecular flexibility index (Phi) is 6.20. The zero-order chi connectivity index (χ0) is 16.8. The first kappa shape index (κ1) is 17.5. The fourth-order valence-corrected chi connectivity index (χ4v) is 2.90. The molecule has 124 valence electrons. The molecule has 2 rings (SSSR count). The van der Waals surface area contributed by atoms with Gasteiger partial charge in [-0.2, -0.15) is 0 Å². The summed E-state index contributed by atoms with van der Waals surface area (Å²) in [4.78, 5) is 0. The minimum Gasteiger partial charge on any atom is -0.490 e. The molecule has 0 aliphatic heterocycles. The number of aliphatic hydroxyl groups is 1. The molecule has 2 atom stereocenters. The molecule has 0 heterocycles. The summed E-state index contributed by atoms with van der Waals surface area (Å²) in [5.41, 5.74) is 4.75. The third-order valence-electron chi connectivity index (χ3n) is 4.11. The maximum Gasteiger partial charge on any atom is 0.137 e. The van der Waals surface area contributed by atoms with Crippen molar-refractivity contribution in [2.75, 3.05) is 13.2 Å². The number of hydrogen-bond acceptors (Lipinski definition) is 2. The minimum atomic E-state index is -0.485. The molecule has 0 aliphatic rings. The number of aliphatic hydroxyl groups excluding tert-OH is 1. The lowest BCUT2D eigenvalue weighted by atomic mass is 10.1. The van der Waals surface area contributed by atoms with Gasteiger partial charge in [-0.15, -0.1) is 0 Å². The minimum absolute atomic E-state index is 0.322. The highest BCUT2D eigenvalue weighted by atomic mass is 16.5. The number of nitrogens with two attached hydrogens (primary N) is 1. The Labute approximate surface area is 139 Å². The third kappa shape index (κ3) is 5.08. The zero-order valence-corrected chi connectivity index (χ0v) is 14.5. The monoisotopic (exact) mass is 314 g/mol. The van der Waals surface area contributed by atoms with Crippen LogP contribution in [0.1, 0.15) is 35.2 Å². The van der Waals surface area contributed by atoms with E-state index in [9.17, 15) is 5.11 Å². The van der Waals surface area contributed by atoms with Crippen molar-refractivity contribution < 1.29 is 15.2 Å². The standard InChI is InChI=1S/C20H27NO2/c1-14-10-15(2)20(16(3)11-14)23-13-19(22)12-21-17(4)18-8-6-5-7-9-18/h5-11,17,19,21-22H,12-13H2,1-4H3/p+1/t17-,19+/m0/s1. The molecule has 0 fully saturated rings. The van der Waals surface area contributed by atoms with Crippen molar-refractivity contribution >= 4 is 0 Å². The van der Waals surface area contributed by atoms with Crippen molar-refractivity contribution in [2.45, 2.75) is 39.8 Å². The van der Waals surface area contributed by atoms with Gasteiger partial charge in [-0.05, 0) is 38.8 Å². The Morgan fingerprint density at radius 3 is 2.26 bits per heavy atom. The first-order valence-corrected chi connectivity index (χ1v) is 8.24. The third-order valence-corrected chi connectivity index (χ3v) is 4.11. The number of rotatable bonds is 7. The van der Waals surface area contributed by atoms with Gasteiger partial charge in [0, 0.05) is 5.56 Å². The van der Waals surface area contributed by atoms with Gasteiger partial charge in [0.05, 0.1) is 0 Å². The predicted molar refractivity (Wildman–Crippen MR) is 93.8 cm³/mol. The highest BCUT2D eigenvalue weighted by molar-refractivity contribution is 5.42. The largest absolute Gasteiger partial charge is 0.490 e. The van der Waals surface area contributed by atoms with Gasteiger partial charge in [-0.25, -0.2) is 0 Å². The maximum absolute atomic E-state index is 10.2. The Balaban J connectivity index is 1.83. The molecule has 3 N–H and O–H groups in total. The van der Waals surface area contributed by atoms with Crippen LogP contribution in [0.5, 0.6) is 5.75 Å². The van der Waals surface area contributed by atoms with Crippen LogP contribution in [0.4, 0.5) is 0 Å². The summed E-state index contributed by atoms with van der Waals surface area (Å²) in [6.07, 6.45) is -0.485. The fraction of sp³-hybridized carbons (Fsp3) is 0.400. The van der Waals surface area contributed by atoms with Gasteiger partial charge < -0.3 is 15.2 Å². The Morgan fingerprint density at radius 2 is 1.65 bits per heavy atom. The van der Waals surface area contributed by atoms with Gasteiger partial charge in [0.2, 0.25) is 0 Å². The molecule has 23 heavy (non-hydrogen) atoms. The molecule has 0 aliphatic carbocycles. The molecule has 0 saturated carbocycles. The number of hydrogen-bond donors (Lipinski definition) is 2. The highest BCUT2D eigenvalue weighted by Gasteiger charge is 2.14. The normalized spacial score (nSPS) is 13.6. The van der Waals surface area contributed by atoms with Crippen molar-refractivity contribution in [3.8, 4) is 5.75 Å². The van der Waals surface area contributed by atoms with Crippen LogP contribution in [0.25, 0.3) is 0 Å². The lowest BCUT2D eigenvalue weighted by Gasteiger charge is -2.17. The van der Waals surface area contributed by atoms with E-state index in [-0.39, 0.29) is 0 Å². The van der Waals surface area contributed by atoms with Crippen molar-refractivity contribution in [2.24, 2.45) is 0 Å². The lowest BCUT2D eigenvalue weighted by molar-refractivity contribution is -0.698. The second-order valence-electron chi connectivity index (χ2n) is 6.36. The molecule has 0 spiro atoms. The van der Waals surface area contributed by atoms with E-state index in [1.165, 1.54) is 11.1 Å². The highest BCUT2D eigenvalue weighted by Crippen LogP contribution is 2.24. The van der Waals surface area contributed by atoms with Crippen LogP contribution >= 0.6 is 0 Å². The van der Waals surface area contributed by atoms with Crippen LogP contribution in [0.3, 0.4) is 0 Å². The first-order valence-electron chi connectivity index (χ1n) is 8.24. The van der Waals surface area contributed by atoms with Crippen LogP contribution < -0.4 is 10.1 Å². The maximum atomic E-state index is 10.2. The number of quaternary nitrogens is 1. The topological polar surface area (TPSA) is 46.1 Å². The molecule has 2 aromatic rings. The first-order chi connectivity index (χ1) is 11.0. The molecule has 0 aromatic heterocycles. The van der Waals surface area contributed by atoms with Crippen molar-refractivity contribution in [3.05, 3.63) is 64.7 Å². The van der Waals surface area contributed by atoms with E-state index in [0.717, 1.165) is 16.9 Å². The van der Waals surface area contributed by atoms with E-state index in [1.807, 2.05) is 32.0 Å². The summed E-state index contributed by atoms with van der Waals surface area (Å²) in [6, 6.07) is 14.9. The van der Waals surface area contributed by atoms with Gasteiger partial charge >= 0.3 is 0 Å². The molecule has 0 radical (unpaired) electrons. The number of aryl methyl sites for hydroxylation is 3. The molecular weight excluding hydrogens is 286 g/mol. The van der Waals surface area contributed by atoms with E-state index in [1.54, 1.807) is 0 Å². The molecular formula is C20H28NO2+. The van der Waals surface area contributed by atoms with Crippen LogP contribution in [0, 0.1) is 20.8 Å². The SMILES string of the molecule is Cc1cc(C)c(OC[C@H](O)C[NH2+][C@@H](C)c2ccccc2)c(C)c1. The van der Waals surface area contributed by atoms with E-state index < -0.39 is 6.10 Å². The van der Waals surface area contributed by atoms with E-state index in [0.29, 0.717) is 19.2 Å². The van der Waals surface area contributed by atoms with E-state index in [4.69, 9.17) is 4.74 Å². The molecule has 0 bridgehead atoms. The zero-order valence-electron chi connectivity index (χ0n) is 14.5. The molecule has 3 nitrogen and oxygen atoms in total. The van der Waals surface area contributed by atoms with Crippen molar-refractivity contribution in [3.63, 3.8) is 0 Å². The second-order valence-corrected chi connectivity index (χ2v) is 6.36. The summed E-state index contributed by atoms with van der Waals surface area (Å²) >= 11 is 0. The average molecular weight is 314 g/mol. The molecule has 2 aromatic carbocycles. The quantitative estimate of drug-likeness (QED) is 0.825. The summed E-state index contributed by atoms with van der Waals surface area (Å²) < 4.78 is 5.85. The van der Waals surface area contributed by atoms with Crippen LogP contribution in [-0.4, -0.2) is 24.4 Å². The van der Waals surface area contributed by atoms with E-state index in [2.05, 4.69) is 43.4 Å².